The van der Waals surface area contributed by atoms with Crippen molar-refractivity contribution in [1.29, 1.82) is 0 Å². The summed E-state index contributed by atoms with van der Waals surface area (Å²) in [7, 11) is 3.77. The van der Waals surface area contributed by atoms with Crippen LogP contribution in [-0.2, 0) is 11.3 Å². The predicted octanol–water partition coefficient (Wildman–Crippen LogP) is 3.26. The van der Waals surface area contributed by atoms with Crippen molar-refractivity contribution in [2.24, 2.45) is 5.92 Å². The Morgan fingerprint density at radius 1 is 1.10 bits per heavy atom. The second-order valence-corrected chi connectivity index (χ2v) is 8.79. The number of nitrogens with one attached hydrogen (secondary N) is 1. The van der Waals surface area contributed by atoms with Crippen LogP contribution in [0.2, 0.25) is 0 Å². The molecule has 1 saturated heterocycles. The Hall–Kier alpha value is -2.44. The molecule has 4 rings (SSSR count). The Morgan fingerprint density at radius 2 is 1.84 bits per heavy atom. The number of methoxy groups -OCH3 is 1. The highest BCUT2D eigenvalue weighted by atomic mass is 19.1. The van der Waals surface area contributed by atoms with E-state index in [1.807, 2.05) is 35.2 Å². The van der Waals surface area contributed by atoms with Gasteiger partial charge in [-0.05, 0) is 61.2 Å². The largest absolute Gasteiger partial charge is 0.497 e. The van der Waals surface area contributed by atoms with Crippen molar-refractivity contribution >= 4 is 5.91 Å². The summed E-state index contributed by atoms with van der Waals surface area (Å²) in [4.78, 5) is 17.7. The van der Waals surface area contributed by atoms with Gasteiger partial charge >= 0.3 is 0 Å². The first-order chi connectivity index (χ1) is 15.0. The van der Waals surface area contributed by atoms with Crippen molar-refractivity contribution in [1.82, 2.24) is 15.1 Å². The zero-order chi connectivity index (χ0) is 21.8. The fourth-order valence-electron chi connectivity index (χ4n) is 4.86. The molecule has 1 saturated carbocycles. The fourth-order valence-corrected chi connectivity index (χ4v) is 4.86. The molecule has 1 aliphatic carbocycles. The van der Waals surface area contributed by atoms with Gasteiger partial charge in [-0.1, -0.05) is 24.3 Å². The molecule has 1 aliphatic heterocycles. The van der Waals surface area contributed by atoms with E-state index in [1.54, 1.807) is 7.11 Å². The summed E-state index contributed by atoms with van der Waals surface area (Å²) in [6.07, 6.45) is 1.68. The third-order valence-electron chi connectivity index (χ3n) is 6.72. The summed E-state index contributed by atoms with van der Waals surface area (Å²) < 4.78 is 18.8. The highest BCUT2D eigenvalue weighted by Crippen LogP contribution is 2.41. The van der Waals surface area contributed by atoms with Crippen LogP contribution in [-0.4, -0.2) is 62.1 Å². The number of hydrogen-bond donors (Lipinski definition) is 1. The number of likely N-dealkylation sites (N-methyl/N-ethyl adjacent to an activating group) is 1. The zero-order valence-corrected chi connectivity index (χ0v) is 18.4. The first-order valence-corrected chi connectivity index (χ1v) is 11.1. The number of nitrogens with zero attached hydrogens (tertiary/aromatic N) is 2. The smallest absolute Gasteiger partial charge is 0.226 e. The molecule has 6 heteroatoms. The molecule has 0 spiro atoms. The van der Waals surface area contributed by atoms with Crippen LogP contribution in [0.25, 0.3) is 0 Å². The van der Waals surface area contributed by atoms with E-state index in [1.165, 1.54) is 12.1 Å². The molecule has 1 heterocycles. The molecular formula is C25H32FN3O2. The quantitative estimate of drug-likeness (QED) is 0.772. The topological polar surface area (TPSA) is 44.8 Å². The van der Waals surface area contributed by atoms with Gasteiger partial charge < -0.3 is 19.9 Å². The first-order valence-electron chi connectivity index (χ1n) is 11.1. The Morgan fingerprint density at radius 3 is 2.55 bits per heavy atom. The van der Waals surface area contributed by atoms with Crippen LogP contribution in [0.1, 0.15) is 29.9 Å². The minimum atomic E-state index is -0.239. The van der Waals surface area contributed by atoms with Crippen LogP contribution < -0.4 is 10.1 Å². The second kappa shape index (κ2) is 9.79. The Balaban J connectivity index is 1.47. The maximum Gasteiger partial charge on any atom is 0.226 e. The molecule has 0 unspecified atom stereocenters. The van der Waals surface area contributed by atoms with E-state index in [2.05, 4.69) is 23.3 Å². The average molecular weight is 426 g/mol. The van der Waals surface area contributed by atoms with E-state index in [0.29, 0.717) is 0 Å². The molecule has 0 aromatic heterocycles. The van der Waals surface area contributed by atoms with Crippen molar-refractivity contribution in [2.45, 2.75) is 31.3 Å². The number of carbonyl (C=O) groups excluding carboxylic acids is 1. The minimum Gasteiger partial charge on any atom is -0.497 e. The second-order valence-electron chi connectivity index (χ2n) is 8.79. The van der Waals surface area contributed by atoms with E-state index >= 15 is 0 Å². The lowest BCUT2D eigenvalue weighted by Crippen LogP contribution is -2.49. The van der Waals surface area contributed by atoms with Crippen LogP contribution >= 0.6 is 0 Å². The molecule has 0 radical (unpaired) electrons. The maximum absolute atomic E-state index is 13.5. The summed E-state index contributed by atoms with van der Waals surface area (Å²) in [6, 6.07) is 15.0. The molecule has 1 amide bonds. The zero-order valence-electron chi connectivity index (χ0n) is 18.4. The highest BCUT2D eigenvalue weighted by molar-refractivity contribution is 5.80. The molecular weight excluding hydrogens is 393 g/mol. The molecule has 2 aliphatic rings. The average Bonchev–Trinajstić information content (AvgIpc) is 3.22. The number of rotatable bonds is 6. The van der Waals surface area contributed by atoms with Crippen molar-refractivity contribution in [2.75, 3.05) is 40.3 Å². The van der Waals surface area contributed by atoms with Gasteiger partial charge in [-0.15, -0.1) is 0 Å². The Kier molecular flexibility index (Phi) is 6.88. The molecule has 2 fully saturated rings. The summed E-state index contributed by atoms with van der Waals surface area (Å²) >= 11 is 0. The molecule has 2 aromatic carbocycles. The minimum absolute atomic E-state index is 0.0725. The van der Waals surface area contributed by atoms with Gasteiger partial charge in [0, 0.05) is 44.7 Å². The van der Waals surface area contributed by atoms with Crippen LogP contribution in [0.15, 0.2) is 48.5 Å². The SMILES string of the molecule is COc1cccc(CN[C@@H]2C[C@H](C(=O)N3CCN(C)CC3)[C@@H](c3ccc(F)cc3)C2)c1. The number of amides is 1. The van der Waals surface area contributed by atoms with Gasteiger partial charge in [0.05, 0.1) is 7.11 Å². The number of piperazine rings is 1. The van der Waals surface area contributed by atoms with Crippen LogP contribution in [0.4, 0.5) is 4.39 Å². The predicted molar refractivity (Wildman–Crippen MR) is 120 cm³/mol. The number of carbonyl (C=O) groups is 1. The van der Waals surface area contributed by atoms with Gasteiger partial charge in [0.15, 0.2) is 0 Å². The van der Waals surface area contributed by atoms with E-state index in [9.17, 15) is 9.18 Å². The van der Waals surface area contributed by atoms with Gasteiger partial charge in [0.25, 0.3) is 0 Å². The normalized spacial score (nSPS) is 24.4. The molecule has 0 bridgehead atoms. The first kappa shape index (κ1) is 21.8. The van der Waals surface area contributed by atoms with E-state index in [0.717, 1.165) is 62.4 Å². The monoisotopic (exact) mass is 425 g/mol. The van der Waals surface area contributed by atoms with Crippen LogP contribution in [0.3, 0.4) is 0 Å². The van der Waals surface area contributed by atoms with Crippen molar-refractivity contribution in [3.05, 3.63) is 65.5 Å². The Bertz CT molecular complexity index is 881. The van der Waals surface area contributed by atoms with E-state index < -0.39 is 0 Å². The molecule has 5 nitrogen and oxygen atoms in total. The number of halogens is 1. The number of ether oxygens (including phenoxy) is 1. The van der Waals surface area contributed by atoms with Gasteiger partial charge in [0.1, 0.15) is 11.6 Å². The molecule has 2 aromatic rings. The third kappa shape index (κ3) is 5.25. The lowest BCUT2D eigenvalue weighted by molar-refractivity contribution is -0.137. The lowest BCUT2D eigenvalue weighted by atomic mass is 9.87. The van der Waals surface area contributed by atoms with Crippen molar-refractivity contribution in [3.63, 3.8) is 0 Å². The summed E-state index contributed by atoms with van der Waals surface area (Å²) in [5, 5.41) is 3.65. The summed E-state index contributed by atoms with van der Waals surface area (Å²) in [6.45, 7) is 4.12. The highest BCUT2D eigenvalue weighted by Gasteiger charge is 2.41. The van der Waals surface area contributed by atoms with Crippen LogP contribution in [0.5, 0.6) is 5.75 Å². The Labute approximate surface area is 184 Å². The van der Waals surface area contributed by atoms with Gasteiger partial charge in [-0.3, -0.25) is 4.79 Å². The standard InChI is InChI=1S/C25H32FN3O2/c1-28-10-12-29(13-11-28)25(30)24-16-21(15-23(24)19-6-8-20(26)9-7-19)27-17-18-4-3-5-22(14-18)31-2/h3-9,14,21,23-24,27H,10-13,15-17H2,1-2H3/t21-,23+,24-/m0/s1. The van der Waals surface area contributed by atoms with Crippen molar-refractivity contribution in [3.8, 4) is 5.75 Å². The molecule has 3 atom stereocenters. The summed E-state index contributed by atoms with van der Waals surface area (Å²) in [5.41, 5.74) is 2.21. The van der Waals surface area contributed by atoms with Gasteiger partial charge in [-0.25, -0.2) is 4.39 Å². The lowest BCUT2D eigenvalue weighted by Gasteiger charge is -2.35. The molecule has 166 valence electrons. The maximum atomic E-state index is 13.5. The van der Waals surface area contributed by atoms with Gasteiger partial charge in [-0.2, -0.15) is 0 Å². The number of benzene rings is 2. The fraction of sp³-hybridized carbons (Fsp3) is 0.480. The van der Waals surface area contributed by atoms with Gasteiger partial charge in [0.2, 0.25) is 5.91 Å². The van der Waals surface area contributed by atoms with Crippen LogP contribution in [0, 0.1) is 11.7 Å². The third-order valence-corrected chi connectivity index (χ3v) is 6.72. The van der Waals surface area contributed by atoms with E-state index in [4.69, 9.17) is 4.74 Å². The molecule has 31 heavy (non-hydrogen) atoms. The number of hydrogen-bond acceptors (Lipinski definition) is 4. The van der Waals surface area contributed by atoms with E-state index in [-0.39, 0.29) is 29.6 Å². The summed E-state index contributed by atoms with van der Waals surface area (Å²) in [5.74, 6) is 0.884. The molecule has 1 N–H and O–H groups in total. The van der Waals surface area contributed by atoms with Crippen molar-refractivity contribution < 1.29 is 13.9 Å².